The lowest BCUT2D eigenvalue weighted by Gasteiger charge is -2.15. The van der Waals surface area contributed by atoms with Crippen molar-refractivity contribution in [2.24, 2.45) is 0 Å². The van der Waals surface area contributed by atoms with Gasteiger partial charge in [-0.25, -0.2) is 0 Å². The van der Waals surface area contributed by atoms with Gasteiger partial charge in [0.15, 0.2) is 0 Å². The highest BCUT2D eigenvalue weighted by atomic mass is 16.6. The lowest BCUT2D eigenvalue weighted by atomic mass is 9.90. The Morgan fingerprint density at radius 1 is 1.48 bits per heavy atom. The molecule has 0 radical (unpaired) electrons. The van der Waals surface area contributed by atoms with Crippen LogP contribution in [0.5, 0.6) is 0 Å². The molecule has 1 rings (SSSR count). The van der Waals surface area contributed by atoms with E-state index in [-0.39, 0.29) is 22.5 Å². The van der Waals surface area contributed by atoms with Crippen LogP contribution in [0.1, 0.15) is 24.0 Å². The molecule has 0 saturated heterocycles. The monoisotopic (exact) mass is 291 g/mol. The molecule has 0 aromatic heterocycles. The minimum absolute atomic E-state index is 0.0462. The number of benzene rings is 1. The summed E-state index contributed by atoms with van der Waals surface area (Å²) in [6.45, 7) is 1.18. The summed E-state index contributed by atoms with van der Waals surface area (Å²) in [5.74, 6) is -2.64. The number of carbonyl (C=O) groups is 2. The number of nitriles is 1. The first-order chi connectivity index (χ1) is 9.88. The molecule has 1 N–H and O–H groups in total. The Morgan fingerprint density at radius 2 is 2.10 bits per heavy atom. The first kappa shape index (κ1) is 16.1. The van der Waals surface area contributed by atoms with E-state index in [1.54, 1.807) is 6.07 Å². The average molecular weight is 291 g/mol. The molecule has 0 aliphatic heterocycles. The molecule has 0 bridgehead atoms. The standard InChI is InChI=1S/C13H13N3O5/c1-7(17)11(13(18)21-3)8-4-5-10(16(19)20)12(15-2)9(8)6-14/h4-5,11,15H,1-3H3. The summed E-state index contributed by atoms with van der Waals surface area (Å²) in [7, 11) is 2.53. The van der Waals surface area contributed by atoms with Crippen LogP contribution >= 0.6 is 0 Å². The van der Waals surface area contributed by atoms with Crippen LogP contribution in [0.3, 0.4) is 0 Å². The van der Waals surface area contributed by atoms with E-state index in [2.05, 4.69) is 10.1 Å². The van der Waals surface area contributed by atoms with E-state index in [1.807, 2.05) is 0 Å². The lowest BCUT2D eigenvalue weighted by molar-refractivity contribution is -0.384. The highest BCUT2D eigenvalue weighted by Crippen LogP contribution is 2.34. The summed E-state index contributed by atoms with van der Waals surface area (Å²) in [6, 6.07) is 4.16. The Kier molecular flexibility index (Phi) is 4.96. The van der Waals surface area contributed by atoms with Crippen LogP contribution in [-0.4, -0.2) is 30.8 Å². The quantitative estimate of drug-likeness (QED) is 0.376. The van der Waals surface area contributed by atoms with Crippen molar-refractivity contribution < 1.29 is 19.2 Å². The molecular formula is C13H13N3O5. The molecule has 0 fully saturated rings. The Balaban J connectivity index is 3.64. The summed E-state index contributed by atoms with van der Waals surface area (Å²) in [4.78, 5) is 33.7. The number of nitro benzene ring substituents is 1. The van der Waals surface area contributed by atoms with Gasteiger partial charge in [0.25, 0.3) is 5.69 Å². The minimum Gasteiger partial charge on any atom is -0.468 e. The van der Waals surface area contributed by atoms with Crippen molar-refractivity contribution in [2.75, 3.05) is 19.5 Å². The Labute approximate surface area is 120 Å². The van der Waals surface area contributed by atoms with Crippen LogP contribution in [0.2, 0.25) is 0 Å². The number of carbonyl (C=O) groups excluding carboxylic acids is 2. The second-order valence-corrected chi connectivity index (χ2v) is 4.11. The van der Waals surface area contributed by atoms with E-state index < -0.39 is 22.6 Å². The zero-order chi connectivity index (χ0) is 16.2. The van der Waals surface area contributed by atoms with E-state index in [0.29, 0.717) is 0 Å². The molecule has 0 aliphatic carbocycles. The van der Waals surface area contributed by atoms with Crippen LogP contribution in [0.15, 0.2) is 12.1 Å². The summed E-state index contributed by atoms with van der Waals surface area (Å²) in [5, 5.41) is 22.8. The van der Waals surface area contributed by atoms with E-state index >= 15 is 0 Å². The van der Waals surface area contributed by atoms with Crippen molar-refractivity contribution >= 4 is 23.1 Å². The molecule has 110 valence electrons. The largest absolute Gasteiger partial charge is 0.468 e. The summed E-state index contributed by atoms with van der Waals surface area (Å²) in [6.07, 6.45) is 0. The maximum Gasteiger partial charge on any atom is 0.320 e. The second-order valence-electron chi connectivity index (χ2n) is 4.11. The zero-order valence-electron chi connectivity index (χ0n) is 11.7. The maximum absolute atomic E-state index is 11.7. The second kappa shape index (κ2) is 6.47. The van der Waals surface area contributed by atoms with Crippen LogP contribution < -0.4 is 5.32 Å². The van der Waals surface area contributed by atoms with Gasteiger partial charge in [-0.1, -0.05) is 0 Å². The van der Waals surface area contributed by atoms with Crippen LogP contribution in [0.4, 0.5) is 11.4 Å². The number of methoxy groups -OCH3 is 1. The van der Waals surface area contributed by atoms with Crippen LogP contribution in [-0.2, 0) is 14.3 Å². The highest BCUT2D eigenvalue weighted by Gasteiger charge is 2.32. The minimum atomic E-state index is -1.29. The molecule has 1 unspecified atom stereocenters. The molecule has 0 amide bonds. The number of esters is 1. The topological polar surface area (TPSA) is 122 Å². The number of hydrogen-bond donors (Lipinski definition) is 1. The normalized spacial score (nSPS) is 11.1. The van der Waals surface area contributed by atoms with Gasteiger partial charge in [-0.15, -0.1) is 0 Å². The van der Waals surface area contributed by atoms with Crippen LogP contribution in [0.25, 0.3) is 0 Å². The molecule has 1 atom stereocenters. The molecule has 21 heavy (non-hydrogen) atoms. The fraction of sp³-hybridized carbons (Fsp3) is 0.308. The number of ketones is 1. The van der Waals surface area contributed by atoms with Gasteiger partial charge in [-0.3, -0.25) is 19.7 Å². The van der Waals surface area contributed by atoms with Crippen molar-refractivity contribution in [3.05, 3.63) is 33.4 Å². The fourth-order valence-corrected chi connectivity index (χ4v) is 2.00. The van der Waals surface area contributed by atoms with Gasteiger partial charge in [-0.2, -0.15) is 5.26 Å². The van der Waals surface area contributed by atoms with Gasteiger partial charge in [-0.05, 0) is 18.6 Å². The molecular weight excluding hydrogens is 278 g/mol. The first-order valence-corrected chi connectivity index (χ1v) is 5.86. The van der Waals surface area contributed by atoms with E-state index in [9.17, 15) is 25.0 Å². The predicted octanol–water partition coefficient (Wildman–Crippen LogP) is 1.35. The molecule has 0 aliphatic rings. The number of ether oxygens (including phenoxy) is 1. The number of nitrogens with zero attached hydrogens (tertiary/aromatic N) is 2. The van der Waals surface area contributed by atoms with Gasteiger partial charge >= 0.3 is 5.97 Å². The third-order valence-corrected chi connectivity index (χ3v) is 2.93. The molecule has 8 nitrogen and oxygen atoms in total. The third kappa shape index (κ3) is 2.97. The summed E-state index contributed by atoms with van der Waals surface area (Å²) < 4.78 is 4.56. The predicted molar refractivity (Wildman–Crippen MR) is 72.8 cm³/mol. The van der Waals surface area contributed by atoms with E-state index in [1.165, 1.54) is 20.0 Å². The number of nitrogens with one attached hydrogen (secondary N) is 1. The molecule has 0 spiro atoms. The number of hydrogen-bond acceptors (Lipinski definition) is 7. The van der Waals surface area contributed by atoms with E-state index in [4.69, 9.17) is 0 Å². The Hall–Kier alpha value is -2.95. The van der Waals surface area contributed by atoms with Gasteiger partial charge in [0.1, 0.15) is 23.5 Å². The molecule has 0 heterocycles. The van der Waals surface area contributed by atoms with Crippen molar-refractivity contribution in [1.29, 1.82) is 5.26 Å². The zero-order valence-corrected chi connectivity index (χ0v) is 11.7. The fourth-order valence-electron chi connectivity index (χ4n) is 2.00. The van der Waals surface area contributed by atoms with Crippen molar-refractivity contribution in [3.63, 3.8) is 0 Å². The summed E-state index contributed by atoms with van der Waals surface area (Å²) in [5.41, 5.74) is -0.413. The third-order valence-electron chi connectivity index (χ3n) is 2.93. The molecule has 8 heteroatoms. The number of Topliss-reactive ketones (excluding diaryl/α,β-unsaturated/α-hetero) is 1. The lowest BCUT2D eigenvalue weighted by Crippen LogP contribution is -2.22. The maximum atomic E-state index is 11.7. The SMILES string of the molecule is CNc1c([N+](=O)[O-])ccc(C(C(C)=O)C(=O)OC)c1C#N. The van der Waals surface area contributed by atoms with Crippen molar-refractivity contribution in [3.8, 4) is 6.07 Å². The summed E-state index contributed by atoms with van der Waals surface area (Å²) >= 11 is 0. The molecule has 1 aromatic carbocycles. The Morgan fingerprint density at radius 3 is 2.48 bits per heavy atom. The molecule has 0 saturated carbocycles. The molecule has 1 aromatic rings. The van der Waals surface area contributed by atoms with E-state index in [0.717, 1.165) is 13.2 Å². The smallest absolute Gasteiger partial charge is 0.320 e. The van der Waals surface area contributed by atoms with Gasteiger partial charge in [0.05, 0.1) is 17.6 Å². The van der Waals surface area contributed by atoms with Gasteiger partial charge in [0.2, 0.25) is 0 Å². The highest BCUT2D eigenvalue weighted by molar-refractivity contribution is 6.04. The first-order valence-electron chi connectivity index (χ1n) is 5.86. The van der Waals surface area contributed by atoms with Gasteiger partial charge < -0.3 is 10.1 Å². The number of rotatable bonds is 5. The van der Waals surface area contributed by atoms with Crippen molar-refractivity contribution in [1.82, 2.24) is 0 Å². The van der Waals surface area contributed by atoms with Crippen molar-refractivity contribution in [2.45, 2.75) is 12.8 Å². The average Bonchev–Trinajstić information content (AvgIpc) is 2.45. The number of nitro groups is 1. The van der Waals surface area contributed by atoms with Crippen LogP contribution in [0, 0.1) is 21.4 Å². The number of anilines is 1. The van der Waals surface area contributed by atoms with Gasteiger partial charge in [0, 0.05) is 13.1 Å². The Bertz CT molecular complexity index is 648.